The van der Waals surface area contributed by atoms with E-state index >= 15 is 0 Å². The molecule has 11 heteroatoms. The Bertz CT molecular complexity index is 1310. The molecule has 0 aliphatic carbocycles. The quantitative estimate of drug-likeness (QED) is 0.586. The van der Waals surface area contributed by atoms with Crippen LogP contribution in [0.3, 0.4) is 0 Å². The zero-order valence-electron chi connectivity index (χ0n) is 17.1. The second kappa shape index (κ2) is 7.76. The smallest absolute Gasteiger partial charge is 0.333 e. The lowest BCUT2D eigenvalue weighted by atomic mass is 10.3. The molecular formula is C21H19N5O6. The number of carbonyl (C=O) groups is 1. The highest BCUT2D eigenvalue weighted by Gasteiger charge is 2.26. The van der Waals surface area contributed by atoms with Gasteiger partial charge in [-0.2, -0.15) is 0 Å². The van der Waals surface area contributed by atoms with Crippen LogP contribution in [0, 0.1) is 0 Å². The number of hydrogen-bond acceptors (Lipinski definition) is 8. The van der Waals surface area contributed by atoms with Crippen molar-refractivity contribution in [3.05, 3.63) is 63.2 Å². The summed E-state index contributed by atoms with van der Waals surface area (Å²) < 4.78 is 17.9. The van der Waals surface area contributed by atoms with Gasteiger partial charge in [0.15, 0.2) is 11.5 Å². The molecule has 32 heavy (non-hydrogen) atoms. The molecule has 0 atom stereocenters. The largest absolute Gasteiger partial charge is 0.497 e. The lowest BCUT2D eigenvalue weighted by Crippen LogP contribution is -2.44. The van der Waals surface area contributed by atoms with Crippen molar-refractivity contribution in [2.45, 2.75) is 13.1 Å². The summed E-state index contributed by atoms with van der Waals surface area (Å²) in [5.41, 5.74) is -0.308. The van der Waals surface area contributed by atoms with Crippen molar-refractivity contribution in [2.75, 3.05) is 30.7 Å². The number of fused-ring (bicyclic) bond motifs is 2. The van der Waals surface area contributed by atoms with Crippen LogP contribution in [0.1, 0.15) is 0 Å². The van der Waals surface area contributed by atoms with Crippen LogP contribution >= 0.6 is 0 Å². The third-order valence-corrected chi connectivity index (χ3v) is 5.24. The van der Waals surface area contributed by atoms with Crippen LogP contribution in [-0.2, 0) is 17.9 Å². The summed E-state index contributed by atoms with van der Waals surface area (Å²) in [4.78, 5) is 39.5. The standard InChI is InChI=1S/C21H19N5O6/c1-30-15-5-3-14(4-6-15)24-8-9-25-19(28)20(29)26(23-21(24)25)11-18(27)22-13-2-7-16-17(10-13)32-12-31-16/h2-7,10H,8-9,11-12H2,1H3,(H,22,27). The predicted octanol–water partition coefficient (Wildman–Crippen LogP) is 0.933. The second-order valence-corrected chi connectivity index (χ2v) is 7.19. The van der Waals surface area contributed by atoms with Crippen LogP contribution in [-0.4, -0.2) is 40.7 Å². The van der Waals surface area contributed by atoms with E-state index < -0.39 is 23.6 Å². The minimum absolute atomic E-state index is 0.121. The van der Waals surface area contributed by atoms with E-state index in [9.17, 15) is 14.4 Å². The number of rotatable bonds is 5. The maximum Gasteiger partial charge on any atom is 0.333 e. The van der Waals surface area contributed by atoms with Crippen molar-refractivity contribution in [1.82, 2.24) is 14.3 Å². The fraction of sp³-hybridized carbons (Fsp3) is 0.238. The van der Waals surface area contributed by atoms with Crippen molar-refractivity contribution in [1.29, 1.82) is 0 Å². The normalized spacial score (nSPS) is 13.7. The first kappa shape index (κ1) is 19.7. The Kier molecular flexibility index (Phi) is 4.77. The van der Waals surface area contributed by atoms with Gasteiger partial charge in [0.25, 0.3) is 0 Å². The first-order valence-electron chi connectivity index (χ1n) is 9.86. The molecule has 0 saturated heterocycles. The Hall–Kier alpha value is -4.28. The topological polar surface area (TPSA) is 117 Å². The third kappa shape index (κ3) is 3.43. The average Bonchev–Trinajstić information content (AvgIpc) is 3.44. The van der Waals surface area contributed by atoms with Crippen molar-refractivity contribution in [3.63, 3.8) is 0 Å². The fourth-order valence-corrected chi connectivity index (χ4v) is 3.65. The number of aromatic nitrogens is 3. The first-order valence-corrected chi connectivity index (χ1v) is 9.86. The van der Waals surface area contributed by atoms with Crippen LogP contribution in [0.5, 0.6) is 17.2 Å². The van der Waals surface area contributed by atoms with Crippen molar-refractivity contribution in [2.24, 2.45) is 0 Å². The maximum atomic E-state index is 12.6. The Balaban J connectivity index is 1.40. The number of carbonyl (C=O) groups excluding carboxylic acids is 1. The van der Waals surface area contributed by atoms with Crippen LogP contribution in [0.15, 0.2) is 52.1 Å². The first-order chi connectivity index (χ1) is 15.5. The molecule has 11 nitrogen and oxygen atoms in total. The maximum absolute atomic E-state index is 12.6. The van der Waals surface area contributed by atoms with Crippen LogP contribution < -0.4 is 35.5 Å². The van der Waals surface area contributed by atoms with E-state index in [1.807, 2.05) is 17.0 Å². The SMILES string of the molecule is COc1ccc(N2CCn3c2nn(CC(=O)Nc2ccc4c(c2)OCO4)c(=O)c3=O)cc1. The average molecular weight is 437 g/mol. The Labute approximate surface area is 181 Å². The minimum Gasteiger partial charge on any atom is -0.497 e. The summed E-state index contributed by atoms with van der Waals surface area (Å²) in [7, 11) is 1.58. The molecule has 2 aliphatic heterocycles. The number of benzene rings is 2. The molecule has 1 aromatic heterocycles. The highest BCUT2D eigenvalue weighted by Crippen LogP contribution is 2.34. The lowest BCUT2D eigenvalue weighted by molar-refractivity contribution is -0.117. The van der Waals surface area contributed by atoms with Gasteiger partial charge >= 0.3 is 11.1 Å². The van der Waals surface area contributed by atoms with E-state index in [-0.39, 0.29) is 6.79 Å². The monoisotopic (exact) mass is 437 g/mol. The molecule has 1 N–H and O–H groups in total. The zero-order valence-corrected chi connectivity index (χ0v) is 17.1. The molecule has 5 rings (SSSR count). The van der Waals surface area contributed by atoms with Gasteiger partial charge in [-0.05, 0) is 36.4 Å². The summed E-state index contributed by atoms with van der Waals surface area (Å²) in [6, 6.07) is 12.2. The number of nitrogens with one attached hydrogen (secondary N) is 1. The highest BCUT2D eigenvalue weighted by atomic mass is 16.7. The van der Waals surface area contributed by atoms with Crippen LogP contribution in [0.2, 0.25) is 0 Å². The molecule has 3 heterocycles. The van der Waals surface area contributed by atoms with Crippen LogP contribution in [0.25, 0.3) is 0 Å². The zero-order chi connectivity index (χ0) is 22.2. The molecule has 0 saturated carbocycles. The number of amides is 1. The van der Waals surface area contributed by atoms with Gasteiger partial charge in [0.2, 0.25) is 18.6 Å². The van der Waals surface area contributed by atoms with Gasteiger partial charge in [0, 0.05) is 30.5 Å². The minimum atomic E-state index is -0.855. The Morgan fingerprint density at radius 2 is 1.84 bits per heavy atom. The number of methoxy groups -OCH3 is 1. The molecule has 2 aromatic carbocycles. The van der Waals surface area contributed by atoms with E-state index in [4.69, 9.17) is 14.2 Å². The van der Waals surface area contributed by atoms with Gasteiger partial charge in [-0.15, -0.1) is 5.10 Å². The molecule has 2 aliphatic rings. The van der Waals surface area contributed by atoms with E-state index in [0.717, 1.165) is 10.4 Å². The number of nitrogens with zero attached hydrogens (tertiary/aromatic N) is 4. The summed E-state index contributed by atoms with van der Waals surface area (Å²) in [6.07, 6.45) is 0. The van der Waals surface area contributed by atoms with E-state index in [0.29, 0.717) is 42.0 Å². The van der Waals surface area contributed by atoms with Gasteiger partial charge in [0.05, 0.1) is 7.11 Å². The molecule has 0 bridgehead atoms. The van der Waals surface area contributed by atoms with E-state index in [2.05, 4.69) is 10.4 Å². The fourth-order valence-electron chi connectivity index (χ4n) is 3.65. The Morgan fingerprint density at radius 3 is 2.62 bits per heavy atom. The second-order valence-electron chi connectivity index (χ2n) is 7.19. The lowest BCUT2D eigenvalue weighted by Gasteiger charge is -2.18. The number of anilines is 3. The van der Waals surface area contributed by atoms with E-state index in [1.54, 1.807) is 37.4 Å². The molecule has 1 amide bonds. The molecule has 0 unspecified atom stereocenters. The summed E-state index contributed by atoms with van der Waals surface area (Å²) >= 11 is 0. The van der Waals surface area contributed by atoms with Crippen molar-refractivity contribution in [3.8, 4) is 17.2 Å². The van der Waals surface area contributed by atoms with Crippen molar-refractivity contribution >= 4 is 23.2 Å². The van der Waals surface area contributed by atoms with Crippen molar-refractivity contribution < 1.29 is 19.0 Å². The summed E-state index contributed by atoms with van der Waals surface area (Å²) in [5.74, 6) is 1.60. The van der Waals surface area contributed by atoms with Gasteiger partial charge in [-0.3, -0.25) is 19.0 Å². The molecule has 0 fully saturated rings. The number of ether oxygens (including phenoxy) is 3. The van der Waals surface area contributed by atoms with Gasteiger partial charge in [0.1, 0.15) is 12.3 Å². The number of hydrogen-bond donors (Lipinski definition) is 1. The predicted molar refractivity (Wildman–Crippen MR) is 114 cm³/mol. The highest BCUT2D eigenvalue weighted by molar-refractivity contribution is 5.90. The van der Waals surface area contributed by atoms with E-state index in [1.165, 1.54) is 4.57 Å². The summed E-state index contributed by atoms with van der Waals surface area (Å²) in [6.45, 7) is 0.511. The molecule has 0 radical (unpaired) electrons. The Morgan fingerprint density at radius 1 is 1.06 bits per heavy atom. The third-order valence-electron chi connectivity index (χ3n) is 5.24. The molecular weight excluding hydrogens is 418 g/mol. The molecule has 0 spiro atoms. The van der Waals surface area contributed by atoms with Gasteiger partial charge < -0.3 is 24.4 Å². The molecule has 3 aromatic rings. The van der Waals surface area contributed by atoms with Gasteiger partial charge in [-0.25, -0.2) is 4.68 Å². The van der Waals surface area contributed by atoms with Gasteiger partial charge in [-0.1, -0.05) is 0 Å². The van der Waals surface area contributed by atoms with Crippen LogP contribution in [0.4, 0.5) is 17.3 Å². The summed E-state index contributed by atoms with van der Waals surface area (Å²) in [5, 5.41) is 6.99. The molecule has 164 valence electrons.